The third-order valence-corrected chi connectivity index (χ3v) is 6.49. The molecule has 0 unspecified atom stereocenters. The first kappa shape index (κ1) is 23.8. The van der Waals surface area contributed by atoms with Crippen LogP contribution in [0.25, 0.3) is 11.5 Å². The van der Waals surface area contributed by atoms with E-state index >= 15 is 0 Å². The summed E-state index contributed by atoms with van der Waals surface area (Å²) in [5, 5.41) is 11.7. The summed E-state index contributed by atoms with van der Waals surface area (Å²) in [5.41, 5.74) is 2.24. The lowest BCUT2D eigenvalue weighted by Gasteiger charge is -2.32. The van der Waals surface area contributed by atoms with Crippen molar-refractivity contribution in [3.8, 4) is 11.5 Å². The van der Waals surface area contributed by atoms with Crippen LogP contribution in [0, 0.1) is 0 Å². The number of pyridine rings is 1. The molecule has 1 amide bonds. The van der Waals surface area contributed by atoms with E-state index in [1.54, 1.807) is 15.6 Å². The van der Waals surface area contributed by atoms with Crippen molar-refractivity contribution >= 4 is 5.91 Å². The number of carbonyl (C=O) groups excluding carboxylic acids is 1. The topological polar surface area (TPSA) is 90.1 Å². The van der Waals surface area contributed by atoms with E-state index in [2.05, 4.69) is 37.2 Å². The van der Waals surface area contributed by atoms with Crippen LogP contribution in [0.3, 0.4) is 0 Å². The van der Waals surface area contributed by atoms with Crippen LogP contribution in [0.2, 0.25) is 0 Å². The van der Waals surface area contributed by atoms with Gasteiger partial charge in [-0.1, -0.05) is 23.4 Å². The summed E-state index contributed by atoms with van der Waals surface area (Å²) in [7, 11) is 2.16. The van der Waals surface area contributed by atoms with Gasteiger partial charge in [0.15, 0.2) is 6.20 Å². The SMILES string of the molecule is CN1CCN(CCCN(Cc2cn(-c3ccccc3)nn2)C(=O)c2ccc(-[n+]3ccc[nH]3)nc2)CC1. The number of amides is 1. The molecule has 36 heavy (non-hydrogen) atoms. The predicted octanol–water partition coefficient (Wildman–Crippen LogP) is 1.55. The quantitative estimate of drug-likeness (QED) is 0.361. The third-order valence-electron chi connectivity index (χ3n) is 6.49. The Kier molecular flexibility index (Phi) is 7.44. The Hall–Kier alpha value is -3.89. The molecule has 1 aliphatic heterocycles. The average molecular weight is 487 g/mol. The summed E-state index contributed by atoms with van der Waals surface area (Å²) in [6.45, 7) is 6.30. The minimum Gasteiger partial charge on any atom is -0.332 e. The maximum absolute atomic E-state index is 13.5. The van der Waals surface area contributed by atoms with Gasteiger partial charge in [-0.2, -0.15) is 0 Å². The van der Waals surface area contributed by atoms with Gasteiger partial charge < -0.3 is 14.7 Å². The molecule has 1 N–H and O–H groups in total. The van der Waals surface area contributed by atoms with Gasteiger partial charge in [0, 0.05) is 45.0 Å². The summed E-state index contributed by atoms with van der Waals surface area (Å²) < 4.78 is 3.54. The highest BCUT2D eigenvalue weighted by atomic mass is 16.2. The zero-order valence-electron chi connectivity index (χ0n) is 20.6. The van der Waals surface area contributed by atoms with Crippen LogP contribution >= 0.6 is 0 Å². The minimum atomic E-state index is -0.0572. The molecule has 3 aromatic heterocycles. The number of H-pyrrole nitrogens is 1. The number of likely N-dealkylation sites (N-methyl/N-ethyl adjacent to an activating group) is 1. The van der Waals surface area contributed by atoms with Gasteiger partial charge in [0.25, 0.3) is 5.91 Å². The summed E-state index contributed by atoms with van der Waals surface area (Å²) in [4.78, 5) is 24.7. The van der Waals surface area contributed by atoms with E-state index in [0.29, 0.717) is 18.7 Å². The van der Waals surface area contributed by atoms with Crippen molar-refractivity contribution in [3.05, 3.63) is 84.6 Å². The van der Waals surface area contributed by atoms with Gasteiger partial charge in [0.1, 0.15) is 11.9 Å². The summed E-state index contributed by atoms with van der Waals surface area (Å²) in [5.74, 6) is 0.669. The minimum absolute atomic E-state index is 0.0572. The van der Waals surface area contributed by atoms with Gasteiger partial charge in [0.2, 0.25) is 0 Å². The lowest BCUT2D eigenvalue weighted by atomic mass is 10.2. The molecule has 1 aliphatic rings. The molecule has 0 radical (unpaired) electrons. The van der Waals surface area contributed by atoms with Crippen molar-refractivity contribution in [2.75, 3.05) is 46.3 Å². The fraction of sp³-hybridized carbons (Fsp3) is 0.346. The second-order valence-corrected chi connectivity index (χ2v) is 9.13. The Bertz CT molecular complexity index is 1230. The van der Waals surface area contributed by atoms with Gasteiger partial charge in [0.05, 0.1) is 24.0 Å². The van der Waals surface area contributed by atoms with E-state index in [0.717, 1.165) is 56.3 Å². The molecule has 1 fully saturated rings. The Morgan fingerprint density at radius 2 is 1.92 bits per heavy atom. The lowest BCUT2D eigenvalue weighted by molar-refractivity contribution is -0.658. The van der Waals surface area contributed by atoms with Crippen LogP contribution in [0.5, 0.6) is 0 Å². The highest BCUT2D eigenvalue weighted by Gasteiger charge is 2.21. The molecule has 0 aliphatic carbocycles. The Balaban J connectivity index is 1.29. The van der Waals surface area contributed by atoms with Crippen LogP contribution in [0.15, 0.2) is 73.3 Å². The largest absolute Gasteiger partial charge is 0.346 e. The number of carbonyl (C=O) groups is 1. The fourth-order valence-electron chi connectivity index (χ4n) is 4.36. The zero-order chi connectivity index (χ0) is 24.7. The van der Waals surface area contributed by atoms with E-state index in [-0.39, 0.29) is 5.91 Å². The monoisotopic (exact) mass is 486 g/mol. The fourth-order valence-corrected chi connectivity index (χ4v) is 4.36. The molecule has 4 heterocycles. The molecule has 186 valence electrons. The van der Waals surface area contributed by atoms with Crippen LogP contribution in [-0.2, 0) is 6.54 Å². The summed E-state index contributed by atoms with van der Waals surface area (Å²) in [6.07, 6.45) is 8.13. The molecule has 0 spiro atoms. The molecule has 0 bridgehead atoms. The molecule has 4 aromatic rings. The van der Waals surface area contributed by atoms with Crippen molar-refractivity contribution in [2.24, 2.45) is 0 Å². The highest BCUT2D eigenvalue weighted by molar-refractivity contribution is 5.93. The first-order valence-electron chi connectivity index (χ1n) is 12.3. The second kappa shape index (κ2) is 11.2. The first-order valence-corrected chi connectivity index (χ1v) is 12.3. The predicted molar refractivity (Wildman–Crippen MR) is 135 cm³/mol. The number of benzene rings is 1. The third kappa shape index (κ3) is 5.84. The van der Waals surface area contributed by atoms with Crippen molar-refractivity contribution in [1.82, 2.24) is 39.8 Å². The van der Waals surface area contributed by atoms with E-state index in [1.165, 1.54) is 0 Å². The lowest BCUT2D eigenvalue weighted by Crippen LogP contribution is -2.45. The molecule has 0 saturated carbocycles. The van der Waals surface area contributed by atoms with Gasteiger partial charge in [-0.3, -0.25) is 4.79 Å². The number of hydrogen-bond donors (Lipinski definition) is 1. The number of aromatic amines is 1. The van der Waals surface area contributed by atoms with Crippen molar-refractivity contribution in [2.45, 2.75) is 13.0 Å². The molecule has 1 aromatic carbocycles. The number of nitrogens with zero attached hydrogens (tertiary/aromatic N) is 8. The number of aromatic nitrogens is 6. The number of hydrogen-bond acceptors (Lipinski definition) is 6. The van der Waals surface area contributed by atoms with E-state index in [1.807, 2.05) is 72.0 Å². The van der Waals surface area contributed by atoms with Gasteiger partial charge in [-0.15, -0.1) is 9.78 Å². The van der Waals surface area contributed by atoms with Crippen LogP contribution in [-0.4, -0.2) is 92.0 Å². The van der Waals surface area contributed by atoms with Gasteiger partial charge in [-0.05, 0) is 49.3 Å². The molecule has 10 nitrogen and oxygen atoms in total. The highest BCUT2D eigenvalue weighted by Crippen LogP contribution is 2.12. The Labute approximate surface area is 210 Å². The van der Waals surface area contributed by atoms with Crippen LogP contribution in [0.4, 0.5) is 0 Å². The smallest absolute Gasteiger partial charge is 0.332 e. The number of para-hydroxylation sites is 1. The Morgan fingerprint density at radius 1 is 1.08 bits per heavy atom. The summed E-state index contributed by atoms with van der Waals surface area (Å²) >= 11 is 0. The molecular weight excluding hydrogens is 454 g/mol. The molecular formula is C26H32N9O+. The molecule has 10 heteroatoms. The number of nitrogens with one attached hydrogen (secondary N) is 1. The Morgan fingerprint density at radius 3 is 2.64 bits per heavy atom. The zero-order valence-corrected chi connectivity index (χ0v) is 20.6. The van der Waals surface area contributed by atoms with Gasteiger partial charge >= 0.3 is 5.82 Å². The first-order chi connectivity index (χ1) is 17.7. The van der Waals surface area contributed by atoms with Crippen LogP contribution < -0.4 is 4.68 Å². The second-order valence-electron chi connectivity index (χ2n) is 9.13. The van der Waals surface area contributed by atoms with Crippen LogP contribution in [0.1, 0.15) is 22.5 Å². The normalized spacial score (nSPS) is 14.7. The van der Waals surface area contributed by atoms with E-state index in [4.69, 9.17) is 0 Å². The van der Waals surface area contributed by atoms with E-state index < -0.39 is 0 Å². The van der Waals surface area contributed by atoms with Gasteiger partial charge in [-0.25, -0.2) is 9.78 Å². The van der Waals surface area contributed by atoms with E-state index in [9.17, 15) is 4.79 Å². The van der Waals surface area contributed by atoms with Crippen molar-refractivity contribution in [3.63, 3.8) is 0 Å². The number of rotatable bonds is 9. The molecule has 1 saturated heterocycles. The molecule has 5 rings (SSSR count). The summed E-state index contributed by atoms with van der Waals surface area (Å²) in [6, 6.07) is 15.4. The standard InChI is InChI=1S/C26H31N9O/c1-31-15-17-32(18-16-31)12-6-13-33(20-23-21-35(30-29-23)24-7-3-2-4-8-24)26(36)22-9-10-25(27-19-22)34-14-5-11-28-34/h2-5,7-11,14,19,21H,6,12-13,15-18,20H2,1H3/p+1. The van der Waals surface area contributed by atoms with Crippen molar-refractivity contribution < 1.29 is 9.48 Å². The maximum Gasteiger partial charge on any atom is 0.346 e. The maximum atomic E-state index is 13.5. The molecule has 0 atom stereocenters. The number of piperazine rings is 1. The van der Waals surface area contributed by atoms with Crippen molar-refractivity contribution in [1.29, 1.82) is 0 Å². The average Bonchev–Trinajstić information content (AvgIpc) is 3.62.